The number of hydrogen-bond acceptors (Lipinski definition) is 1. The SMILES string of the molecule is CC1(Br)CCCCC(=O)C1. The molecule has 0 N–H and O–H groups in total. The van der Waals surface area contributed by atoms with E-state index in [4.69, 9.17) is 0 Å². The Morgan fingerprint density at radius 1 is 1.50 bits per heavy atom. The van der Waals surface area contributed by atoms with Gasteiger partial charge in [0.1, 0.15) is 5.78 Å². The Balaban J connectivity index is 2.54. The predicted octanol–water partition coefficient (Wildman–Crippen LogP) is 2.67. The van der Waals surface area contributed by atoms with Crippen LogP contribution >= 0.6 is 15.9 Å². The molecule has 0 aromatic rings. The summed E-state index contributed by atoms with van der Waals surface area (Å²) in [6, 6.07) is 0. The fraction of sp³-hybridized carbons (Fsp3) is 0.875. The van der Waals surface area contributed by atoms with Gasteiger partial charge in [0.25, 0.3) is 0 Å². The second-order valence-electron chi connectivity index (χ2n) is 3.34. The van der Waals surface area contributed by atoms with E-state index in [0.717, 1.165) is 19.3 Å². The summed E-state index contributed by atoms with van der Waals surface area (Å²) in [6.45, 7) is 2.11. The number of carbonyl (C=O) groups is 1. The Morgan fingerprint density at radius 2 is 2.20 bits per heavy atom. The van der Waals surface area contributed by atoms with E-state index in [9.17, 15) is 4.79 Å². The topological polar surface area (TPSA) is 17.1 Å². The normalized spacial score (nSPS) is 35.6. The summed E-state index contributed by atoms with van der Waals surface area (Å²) in [5, 5.41) is 0. The molecule has 1 saturated carbocycles. The standard InChI is InChI=1S/C8H13BrO/c1-8(9)5-3-2-4-7(10)6-8/h2-6H2,1H3. The van der Waals surface area contributed by atoms with Gasteiger partial charge < -0.3 is 0 Å². The molecule has 0 radical (unpaired) electrons. The number of Topliss-reactive ketones (excluding diaryl/α,β-unsaturated/α-hetero) is 1. The van der Waals surface area contributed by atoms with E-state index in [0.29, 0.717) is 12.2 Å². The fourth-order valence-electron chi connectivity index (χ4n) is 1.40. The maximum atomic E-state index is 11.1. The summed E-state index contributed by atoms with van der Waals surface area (Å²) in [6.07, 6.45) is 4.92. The van der Waals surface area contributed by atoms with Gasteiger partial charge in [0.2, 0.25) is 0 Å². The molecule has 0 bridgehead atoms. The smallest absolute Gasteiger partial charge is 0.134 e. The number of alkyl halides is 1. The van der Waals surface area contributed by atoms with Crippen molar-refractivity contribution in [2.75, 3.05) is 0 Å². The van der Waals surface area contributed by atoms with Crippen LogP contribution in [-0.2, 0) is 4.79 Å². The van der Waals surface area contributed by atoms with Crippen LogP contribution in [-0.4, -0.2) is 10.1 Å². The van der Waals surface area contributed by atoms with E-state index in [1.165, 1.54) is 6.42 Å². The Kier molecular flexibility index (Phi) is 2.50. The van der Waals surface area contributed by atoms with Crippen LogP contribution < -0.4 is 0 Å². The Labute approximate surface area is 70.3 Å². The van der Waals surface area contributed by atoms with Crippen LogP contribution in [0.15, 0.2) is 0 Å². The molecule has 0 spiro atoms. The van der Waals surface area contributed by atoms with Crippen LogP contribution in [0.5, 0.6) is 0 Å². The van der Waals surface area contributed by atoms with Crippen molar-refractivity contribution >= 4 is 21.7 Å². The molecule has 0 aromatic heterocycles. The van der Waals surface area contributed by atoms with Crippen LogP contribution in [0.25, 0.3) is 0 Å². The van der Waals surface area contributed by atoms with Crippen LogP contribution in [0.4, 0.5) is 0 Å². The van der Waals surface area contributed by atoms with E-state index in [1.54, 1.807) is 0 Å². The predicted molar refractivity (Wildman–Crippen MR) is 45.4 cm³/mol. The van der Waals surface area contributed by atoms with Crippen LogP contribution in [0.2, 0.25) is 0 Å². The molecule has 0 heterocycles. The molecule has 1 rings (SSSR count). The monoisotopic (exact) mass is 204 g/mol. The van der Waals surface area contributed by atoms with Crippen molar-refractivity contribution in [3.05, 3.63) is 0 Å². The van der Waals surface area contributed by atoms with E-state index in [1.807, 2.05) is 0 Å². The Morgan fingerprint density at radius 3 is 2.90 bits per heavy atom. The minimum atomic E-state index is 0.0978. The van der Waals surface area contributed by atoms with Gasteiger partial charge in [-0.3, -0.25) is 4.79 Å². The van der Waals surface area contributed by atoms with Gasteiger partial charge in [-0.05, 0) is 19.8 Å². The molecular weight excluding hydrogens is 192 g/mol. The van der Waals surface area contributed by atoms with Crippen molar-refractivity contribution in [3.8, 4) is 0 Å². The maximum absolute atomic E-state index is 11.1. The van der Waals surface area contributed by atoms with E-state index in [2.05, 4.69) is 22.9 Å². The number of ketones is 1. The zero-order chi connectivity index (χ0) is 7.61. The number of rotatable bonds is 0. The molecule has 1 fully saturated rings. The highest BCUT2D eigenvalue weighted by molar-refractivity contribution is 9.10. The van der Waals surface area contributed by atoms with Gasteiger partial charge in [-0.1, -0.05) is 22.4 Å². The summed E-state index contributed by atoms with van der Waals surface area (Å²) in [7, 11) is 0. The van der Waals surface area contributed by atoms with Gasteiger partial charge in [0.05, 0.1) is 0 Å². The van der Waals surface area contributed by atoms with Gasteiger partial charge in [0.15, 0.2) is 0 Å². The van der Waals surface area contributed by atoms with Gasteiger partial charge in [-0.25, -0.2) is 0 Å². The quantitative estimate of drug-likeness (QED) is 0.439. The first-order valence-corrected chi connectivity index (χ1v) is 4.60. The molecule has 1 atom stereocenters. The molecule has 0 aromatic carbocycles. The summed E-state index contributed by atoms with van der Waals surface area (Å²) < 4.78 is 0.0978. The molecule has 1 aliphatic rings. The highest BCUT2D eigenvalue weighted by atomic mass is 79.9. The van der Waals surface area contributed by atoms with Crippen molar-refractivity contribution in [1.29, 1.82) is 0 Å². The summed E-state index contributed by atoms with van der Waals surface area (Å²) in [5.41, 5.74) is 0. The van der Waals surface area contributed by atoms with Gasteiger partial charge in [0, 0.05) is 17.2 Å². The summed E-state index contributed by atoms with van der Waals surface area (Å²) in [4.78, 5) is 11.1. The van der Waals surface area contributed by atoms with Crippen molar-refractivity contribution in [1.82, 2.24) is 0 Å². The first kappa shape index (κ1) is 8.25. The second kappa shape index (κ2) is 3.04. The van der Waals surface area contributed by atoms with E-state index in [-0.39, 0.29) is 4.32 Å². The van der Waals surface area contributed by atoms with Crippen molar-refractivity contribution < 1.29 is 4.79 Å². The number of carbonyl (C=O) groups excluding carboxylic acids is 1. The minimum Gasteiger partial charge on any atom is -0.300 e. The first-order chi connectivity index (χ1) is 4.60. The number of halogens is 1. The molecule has 0 amide bonds. The van der Waals surface area contributed by atoms with Gasteiger partial charge >= 0.3 is 0 Å². The lowest BCUT2D eigenvalue weighted by Gasteiger charge is -2.17. The van der Waals surface area contributed by atoms with Crippen LogP contribution in [0, 0.1) is 0 Å². The summed E-state index contributed by atoms with van der Waals surface area (Å²) >= 11 is 3.56. The molecular formula is C8H13BrO. The molecule has 0 aliphatic heterocycles. The average Bonchev–Trinajstić information content (AvgIpc) is 1.90. The van der Waals surface area contributed by atoms with Crippen molar-refractivity contribution in [2.45, 2.75) is 43.4 Å². The highest BCUT2D eigenvalue weighted by Gasteiger charge is 2.25. The third kappa shape index (κ3) is 2.41. The lowest BCUT2D eigenvalue weighted by Crippen LogP contribution is -2.17. The zero-order valence-electron chi connectivity index (χ0n) is 6.32. The molecule has 1 unspecified atom stereocenters. The molecule has 1 aliphatic carbocycles. The lowest BCUT2D eigenvalue weighted by atomic mass is 10.0. The zero-order valence-corrected chi connectivity index (χ0v) is 7.91. The van der Waals surface area contributed by atoms with Gasteiger partial charge in [-0.2, -0.15) is 0 Å². The largest absolute Gasteiger partial charge is 0.300 e. The molecule has 0 saturated heterocycles. The third-order valence-electron chi connectivity index (χ3n) is 1.97. The maximum Gasteiger partial charge on any atom is 0.134 e. The van der Waals surface area contributed by atoms with Crippen molar-refractivity contribution in [3.63, 3.8) is 0 Å². The van der Waals surface area contributed by atoms with Crippen molar-refractivity contribution in [2.24, 2.45) is 0 Å². The molecule has 2 heteroatoms. The Bertz CT molecular complexity index is 140. The lowest BCUT2D eigenvalue weighted by molar-refractivity contribution is -0.119. The van der Waals surface area contributed by atoms with E-state index < -0.39 is 0 Å². The van der Waals surface area contributed by atoms with E-state index >= 15 is 0 Å². The fourth-order valence-corrected chi connectivity index (χ4v) is 2.00. The number of hydrogen-bond donors (Lipinski definition) is 0. The highest BCUT2D eigenvalue weighted by Crippen LogP contribution is 2.32. The average molecular weight is 205 g/mol. The molecule has 1 nitrogen and oxygen atoms in total. The van der Waals surface area contributed by atoms with Crippen LogP contribution in [0.3, 0.4) is 0 Å². The molecule has 10 heavy (non-hydrogen) atoms. The van der Waals surface area contributed by atoms with Crippen LogP contribution in [0.1, 0.15) is 39.0 Å². The Hall–Kier alpha value is 0.150. The summed E-state index contributed by atoms with van der Waals surface area (Å²) in [5.74, 6) is 0.414. The second-order valence-corrected chi connectivity index (χ2v) is 5.25. The first-order valence-electron chi connectivity index (χ1n) is 3.81. The molecule has 58 valence electrons. The third-order valence-corrected chi connectivity index (χ3v) is 2.65. The van der Waals surface area contributed by atoms with Gasteiger partial charge in [-0.15, -0.1) is 0 Å². The minimum absolute atomic E-state index is 0.0978.